The first-order valence-corrected chi connectivity index (χ1v) is 16.3. The highest BCUT2D eigenvalue weighted by Gasteiger charge is 2.47. The Kier molecular flexibility index (Phi) is 5.69. The molecule has 1 heterocycles. The lowest BCUT2D eigenvalue weighted by Crippen LogP contribution is -2.37. The van der Waals surface area contributed by atoms with Crippen molar-refractivity contribution in [3.05, 3.63) is 179 Å². The third kappa shape index (κ3) is 3.65. The quantitative estimate of drug-likeness (QED) is 0.349. The summed E-state index contributed by atoms with van der Waals surface area (Å²) < 4.78 is 0. The minimum Gasteiger partial charge on any atom is -0.333 e. The van der Waals surface area contributed by atoms with Crippen LogP contribution in [0, 0.1) is 23.2 Å². The molecule has 2 aromatic carbocycles. The van der Waals surface area contributed by atoms with Gasteiger partial charge in [0.2, 0.25) is 0 Å². The van der Waals surface area contributed by atoms with Crippen LogP contribution in [0.3, 0.4) is 0 Å². The summed E-state index contributed by atoms with van der Waals surface area (Å²) in [6.45, 7) is 4.89. The number of allylic oxidation sites excluding steroid dienone is 19. The molecule has 0 saturated heterocycles. The molecule has 0 spiro atoms. The van der Waals surface area contributed by atoms with Gasteiger partial charge in [-0.3, -0.25) is 0 Å². The summed E-state index contributed by atoms with van der Waals surface area (Å²) in [6.07, 6.45) is 37.1. The summed E-state index contributed by atoms with van der Waals surface area (Å²) in [4.78, 5) is 2.64. The second-order valence-electron chi connectivity index (χ2n) is 13.5. The maximum absolute atomic E-state index is 2.64. The van der Waals surface area contributed by atoms with Gasteiger partial charge >= 0.3 is 0 Å². The van der Waals surface area contributed by atoms with Gasteiger partial charge in [-0.25, -0.2) is 0 Å². The van der Waals surface area contributed by atoms with Crippen LogP contribution in [0.2, 0.25) is 0 Å². The second-order valence-corrected chi connectivity index (χ2v) is 13.5. The van der Waals surface area contributed by atoms with Crippen molar-refractivity contribution in [3.8, 4) is 0 Å². The molecule has 0 bridgehead atoms. The third-order valence-corrected chi connectivity index (χ3v) is 10.8. The lowest BCUT2D eigenvalue weighted by Gasteiger charge is -2.38. The number of fused-ring (bicyclic) bond motifs is 8. The van der Waals surface area contributed by atoms with Gasteiger partial charge < -0.3 is 4.90 Å². The molecular weight excluding hydrogens is 530 g/mol. The Morgan fingerprint density at radius 1 is 0.750 bits per heavy atom. The molecule has 0 fully saturated rings. The molecule has 9 rings (SSSR count). The zero-order chi connectivity index (χ0) is 29.4. The lowest BCUT2D eigenvalue weighted by atomic mass is 9.70. The molecule has 4 unspecified atom stereocenters. The first-order chi connectivity index (χ1) is 21.6. The van der Waals surface area contributed by atoms with Crippen LogP contribution in [0.1, 0.15) is 37.8 Å². The molecule has 4 atom stereocenters. The van der Waals surface area contributed by atoms with Crippen LogP contribution >= 0.6 is 0 Å². The number of benzene rings is 2. The number of anilines is 2. The molecule has 0 N–H and O–H groups in total. The third-order valence-electron chi connectivity index (χ3n) is 10.8. The summed E-state index contributed by atoms with van der Waals surface area (Å²) in [5.41, 5.74) is 15.5. The molecule has 44 heavy (non-hydrogen) atoms. The van der Waals surface area contributed by atoms with Gasteiger partial charge in [-0.1, -0.05) is 135 Å². The maximum Gasteiger partial charge on any atom is 0.0629 e. The average molecular weight is 568 g/mol. The van der Waals surface area contributed by atoms with Crippen molar-refractivity contribution in [1.82, 2.24) is 0 Å². The van der Waals surface area contributed by atoms with Crippen molar-refractivity contribution < 1.29 is 0 Å². The molecule has 0 amide bonds. The van der Waals surface area contributed by atoms with Gasteiger partial charge in [0, 0.05) is 40.1 Å². The molecule has 1 heteroatoms. The van der Waals surface area contributed by atoms with E-state index in [9.17, 15) is 0 Å². The number of hydrogen-bond donors (Lipinski definition) is 0. The van der Waals surface area contributed by atoms with E-state index in [4.69, 9.17) is 0 Å². The van der Waals surface area contributed by atoms with Crippen molar-refractivity contribution in [2.75, 3.05) is 4.90 Å². The van der Waals surface area contributed by atoms with Gasteiger partial charge in [-0.15, -0.1) is 0 Å². The van der Waals surface area contributed by atoms with Crippen LogP contribution in [-0.4, -0.2) is 6.04 Å². The number of nitrogens with zero attached hydrogens (tertiary/aromatic N) is 1. The zero-order valence-corrected chi connectivity index (χ0v) is 25.4. The Hall–Kier alpha value is -4.62. The highest BCUT2D eigenvalue weighted by atomic mass is 15.2. The van der Waals surface area contributed by atoms with Gasteiger partial charge in [0.1, 0.15) is 0 Å². The fourth-order valence-electron chi connectivity index (χ4n) is 8.99. The molecule has 2 aromatic rings. The summed E-state index contributed by atoms with van der Waals surface area (Å²) >= 11 is 0. The van der Waals surface area contributed by atoms with E-state index in [-0.39, 0.29) is 11.5 Å². The van der Waals surface area contributed by atoms with Crippen molar-refractivity contribution in [2.45, 2.75) is 32.7 Å². The SMILES string of the molecule is CC1(C)C2=C(CCC=C2)C2=C1c1ccccc1N(c1cccc(C3=C4C=CC=CC4C4C=CC=CC4=C3)c1)C1C=CC=CC21. The van der Waals surface area contributed by atoms with Gasteiger partial charge in [-0.2, -0.15) is 0 Å². The predicted octanol–water partition coefficient (Wildman–Crippen LogP) is 10.6. The van der Waals surface area contributed by atoms with Gasteiger partial charge in [-0.05, 0) is 75.6 Å². The molecule has 1 nitrogen and oxygen atoms in total. The fraction of sp³-hybridized carbons (Fsp3) is 0.209. The van der Waals surface area contributed by atoms with Crippen molar-refractivity contribution in [3.63, 3.8) is 0 Å². The van der Waals surface area contributed by atoms with E-state index < -0.39 is 0 Å². The Balaban J connectivity index is 1.23. The van der Waals surface area contributed by atoms with Crippen molar-refractivity contribution >= 4 is 22.5 Å². The maximum atomic E-state index is 2.64. The molecular formula is C43H37N. The predicted molar refractivity (Wildman–Crippen MR) is 185 cm³/mol. The topological polar surface area (TPSA) is 3.24 Å². The summed E-state index contributed by atoms with van der Waals surface area (Å²) in [6, 6.07) is 18.7. The van der Waals surface area contributed by atoms with Crippen LogP contribution in [-0.2, 0) is 0 Å². The minimum absolute atomic E-state index is 0.0375. The number of rotatable bonds is 2. The number of para-hydroxylation sites is 1. The molecule has 0 radical (unpaired) electrons. The Labute approximate surface area is 261 Å². The van der Waals surface area contributed by atoms with Gasteiger partial charge in [0.05, 0.1) is 6.04 Å². The van der Waals surface area contributed by atoms with Crippen LogP contribution in [0.5, 0.6) is 0 Å². The normalized spacial score (nSPS) is 28.3. The number of hydrogen-bond acceptors (Lipinski definition) is 1. The summed E-state index contributed by atoms with van der Waals surface area (Å²) in [5, 5.41) is 0. The highest BCUT2D eigenvalue weighted by molar-refractivity contribution is 5.94. The first kappa shape index (κ1) is 25.8. The van der Waals surface area contributed by atoms with E-state index in [2.05, 4.69) is 158 Å². The van der Waals surface area contributed by atoms with Crippen molar-refractivity contribution in [1.29, 1.82) is 0 Å². The van der Waals surface area contributed by atoms with Crippen molar-refractivity contribution in [2.24, 2.45) is 23.2 Å². The fourth-order valence-corrected chi connectivity index (χ4v) is 8.99. The van der Waals surface area contributed by atoms with E-state index in [1.807, 2.05) is 0 Å². The Morgan fingerprint density at radius 2 is 1.55 bits per heavy atom. The standard InChI is InChI=1S/C43H37N/c1-43(2)38-23-10-7-20-34(38)41-35-21-8-11-24-39(35)44(40-25-12-9-22-36(40)42(41)43)30-16-13-15-28(26-30)37-27-29-14-3-4-17-31(29)32-18-5-6-19-33(32)37/h3-6,8-19,21-27,31-32,35,39H,7,20H2,1-2H3. The molecule has 6 aliphatic carbocycles. The molecule has 1 aliphatic heterocycles. The van der Waals surface area contributed by atoms with Gasteiger partial charge in [0.15, 0.2) is 0 Å². The van der Waals surface area contributed by atoms with Crippen LogP contribution < -0.4 is 4.90 Å². The molecule has 7 aliphatic rings. The smallest absolute Gasteiger partial charge is 0.0629 e. The molecule has 214 valence electrons. The van der Waals surface area contributed by atoms with E-state index in [1.54, 1.807) is 11.1 Å². The largest absolute Gasteiger partial charge is 0.333 e. The van der Waals surface area contributed by atoms with E-state index in [0.717, 1.165) is 12.8 Å². The Morgan fingerprint density at radius 3 is 2.48 bits per heavy atom. The molecule has 0 aromatic heterocycles. The second kappa shape index (κ2) is 9.69. The summed E-state index contributed by atoms with van der Waals surface area (Å²) in [7, 11) is 0. The molecule has 0 saturated carbocycles. The minimum atomic E-state index is -0.0375. The van der Waals surface area contributed by atoms with Crippen LogP contribution in [0.25, 0.3) is 11.1 Å². The van der Waals surface area contributed by atoms with E-state index in [1.165, 1.54) is 50.4 Å². The lowest BCUT2D eigenvalue weighted by molar-refractivity contribution is 0.618. The highest BCUT2D eigenvalue weighted by Crippen LogP contribution is 2.60. The van der Waals surface area contributed by atoms with E-state index in [0.29, 0.717) is 17.8 Å². The average Bonchev–Trinajstić information content (AvgIpc) is 3.22. The first-order valence-electron chi connectivity index (χ1n) is 16.3. The summed E-state index contributed by atoms with van der Waals surface area (Å²) in [5.74, 6) is 1.07. The van der Waals surface area contributed by atoms with Crippen LogP contribution in [0.15, 0.2) is 168 Å². The van der Waals surface area contributed by atoms with Gasteiger partial charge in [0.25, 0.3) is 0 Å². The zero-order valence-electron chi connectivity index (χ0n) is 25.4. The van der Waals surface area contributed by atoms with E-state index >= 15 is 0 Å². The Bertz CT molecular complexity index is 1950. The van der Waals surface area contributed by atoms with Crippen LogP contribution in [0.4, 0.5) is 11.4 Å². The monoisotopic (exact) mass is 567 g/mol.